The van der Waals surface area contributed by atoms with Crippen LogP contribution in [-0.4, -0.2) is 24.5 Å². The minimum absolute atomic E-state index is 0.776. The van der Waals surface area contributed by atoms with E-state index in [9.17, 15) is 0 Å². The van der Waals surface area contributed by atoms with Gasteiger partial charge in [0.1, 0.15) is 11.5 Å². The van der Waals surface area contributed by atoms with Gasteiger partial charge in [-0.15, -0.1) is 0 Å². The summed E-state index contributed by atoms with van der Waals surface area (Å²) in [5.74, 6) is 1.01. The van der Waals surface area contributed by atoms with Gasteiger partial charge in [0.2, 0.25) is 0 Å². The van der Waals surface area contributed by atoms with Crippen LogP contribution in [0.2, 0.25) is 0 Å². The zero-order chi connectivity index (χ0) is 8.55. The molecule has 12 heavy (non-hydrogen) atoms. The Morgan fingerprint density at radius 2 is 2.42 bits per heavy atom. The molecule has 0 radical (unpaired) electrons. The maximum atomic E-state index is 4.40. The van der Waals surface area contributed by atoms with Crippen LogP contribution in [0, 0.1) is 0 Å². The average Bonchev–Trinajstić information content (AvgIpc) is 2.07. The molecule has 0 aliphatic carbocycles. The Morgan fingerprint density at radius 3 is 3.25 bits per heavy atom. The molecule has 0 saturated carbocycles. The van der Waals surface area contributed by atoms with Gasteiger partial charge < -0.3 is 15.5 Å². The zero-order valence-electron chi connectivity index (χ0n) is 7.26. The fourth-order valence-corrected chi connectivity index (χ4v) is 1.21. The predicted octanol–water partition coefficient (Wildman–Crippen LogP) is 0.183. The maximum absolute atomic E-state index is 4.40. The first kappa shape index (κ1) is 7.21. The van der Waals surface area contributed by atoms with Crippen LogP contribution in [0.15, 0.2) is 28.8 Å². The zero-order valence-corrected chi connectivity index (χ0v) is 7.26. The fraction of sp³-hybridized carbons (Fsp3) is 0.375. The van der Waals surface area contributed by atoms with Crippen molar-refractivity contribution in [2.45, 2.75) is 6.92 Å². The second-order valence-corrected chi connectivity index (χ2v) is 2.90. The molecule has 2 aliphatic rings. The summed E-state index contributed by atoms with van der Waals surface area (Å²) in [7, 11) is 1.99. The third-order valence-corrected chi connectivity index (χ3v) is 2.01. The number of rotatable bonds is 0. The van der Waals surface area contributed by atoms with Crippen molar-refractivity contribution in [3.8, 4) is 0 Å². The molecule has 0 bridgehead atoms. The quantitative estimate of drug-likeness (QED) is 0.536. The topological polar surface area (TPSA) is 39.7 Å². The second-order valence-electron chi connectivity index (χ2n) is 2.90. The molecule has 0 aromatic heterocycles. The number of hydrogen-bond acceptors (Lipinski definition) is 4. The van der Waals surface area contributed by atoms with Crippen LogP contribution < -0.4 is 10.6 Å². The smallest absolute Gasteiger partial charge is 0.106 e. The van der Waals surface area contributed by atoms with Crippen molar-refractivity contribution < 1.29 is 0 Å². The van der Waals surface area contributed by atoms with Gasteiger partial charge in [-0.25, -0.2) is 4.99 Å². The first-order valence-electron chi connectivity index (χ1n) is 3.95. The molecule has 0 amide bonds. The van der Waals surface area contributed by atoms with E-state index in [2.05, 4.69) is 21.8 Å². The normalized spacial score (nSPS) is 21.2. The minimum Gasteiger partial charge on any atom is -0.372 e. The van der Waals surface area contributed by atoms with E-state index in [0.717, 1.165) is 23.9 Å². The first-order chi connectivity index (χ1) is 5.77. The first-order valence-corrected chi connectivity index (χ1v) is 3.95. The van der Waals surface area contributed by atoms with Gasteiger partial charge in [0.15, 0.2) is 0 Å². The van der Waals surface area contributed by atoms with Crippen molar-refractivity contribution in [3.05, 3.63) is 23.8 Å². The molecule has 0 unspecified atom stereocenters. The van der Waals surface area contributed by atoms with Crippen LogP contribution in [0.5, 0.6) is 0 Å². The molecular formula is C8H12N4. The largest absolute Gasteiger partial charge is 0.372 e. The van der Waals surface area contributed by atoms with Crippen molar-refractivity contribution in [1.82, 2.24) is 15.5 Å². The third-order valence-electron chi connectivity index (χ3n) is 2.01. The lowest BCUT2D eigenvalue weighted by Gasteiger charge is -2.26. The Bertz CT molecular complexity index is 287. The summed E-state index contributed by atoms with van der Waals surface area (Å²) in [6, 6.07) is 0. The van der Waals surface area contributed by atoms with Crippen LogP contribution in [0.3, 0.4) is 0 Å². The summed E-state index contributed by atoms with van der Waals surface area (Å²) >= 11 is 0. The highest BCUT2D eigenvalue weighted by molar-refractivity contribution is 5.83. The lowest BCUT2D eigenvalue weighted by Crippen LogP contribution is -2.35. The predicted molar refractivity (Wildman–Crippen MR) is 48.2 cm³/mol. The van der Waals surface area contributed by atoms with Gasteiger partial charge in [0.25, 0.3) is 0 Å². The summed E-state index contributed by atoms with van der Waals surface area (Å²) < 4.78 is 0. The van der Waals surface area contributed by atoms with Gasteiger partial charge in [-0.3, -0.25) is 0 Å². The van der Waals surface area contributed by atoms with Crippen LogP contribution in [0.4, 0.5) is 0 Å². The molecule has 4 heteroatoms. The highest BCUT2D eigenvalue weighted by atomic mass is 15.2. The van der Waals surface area contributed by atoms with Gasteiger partial charge in [0.05, 0.1) is 12.4 Å². The molecule has 64 valence electrons. The highest BCUT2D eigenvalue weighted by Crippen LogP contribution is 2.16. The Balaban J connectivity index is 2.35. The molecule has 0 aromatic carbocycles. The SMILES string of the molecule is CC1=NC2=CNCNC2=CN1C. The fourth-order valence-electron chi connectivity index (χ4n) is 1.21. The lowest BCUT2D eigenvalue weighted by molar-refractivity contribution is 0.617. The van der Waals surface area contributed by atoms with Crippen LogP contribution >= 0.6 is 0 Å². The van der Waals surface area contributed by atoms with E-state index in [-0.39, 0.29) is 0 Å². The third kappa shape index (κ3) is 1.05. The second kappa shape index (κ2) is 2.55. The van der Waals surface area contributed by atoms with E-state index in [1.807, 2.05) is 25.1 Å². The van der Waals surface area contributed by atoms with Crippen molar-refractivity contribution in [1.29, 1.82) is 0 Å². The molecule has 2 rings (SSSR count). The molecule has 4 nitrogen and oxygen atoms in total. The van der Waals surface area contributed by atoms with Crippen LogP contribution in [-0.2, 0) is 0 Å². The Kier molecular flexibility index (Phi) is 1.53. The Labute approximate surface area is 71.7 Å². The monoisotopic (exact) mass is 164 g/mol. The van der Waals surface area contributed by atoms with Gasteiger partial charge in [-0.05, 0) is 6.92 Å². The van der Waals surface area contributed by atoms with E-state index in [4.69, 9.17) is 0 Å². The van der Waals surface area contributed by atoms with E-state index >= 15 is 0 Å². The summed E-state index contributed by atoms with van der Waals surface area (Å²) in [5, 5.41) is 6.28. The number of amidine groups is 1. The summed E-state index contributed by atoms with van der Waals surface area (Å²) in [6.45, 7) is 2.76. The molecule has 2 aliphatic heterocycles. The standard InChI is InChI=1S/C8H12N4/c1-6-11-7-3-9-5-10-8(7)4-12(6)2/h3-4,9-10H,5H2,1-2H3. The number of nitrogens with zero attached hydrogens (tertiary/aromatic N) is 2. The average molecular weight is 164 g/mol. The highest BCUT2D eigenvalue weighted by Gasteiger charge is 2.14. The molecule has 2 N–H and O–H groups in total. The van der Waals surface area contributed by atoms with E-state index in [1.54, 1.807) is 0 Å². The van der Waals surface area contributed by atoms with E-state index in [0.29, 0.717) is 0 Å². The minimum atomic E-state index is 0.776. The molecule has 0 fully saturated rings. The van der Waals surface area contributed by atoms with Gasteiger partial charge in [-0.2, -0.15) is 0 Å². The molecule has 0 saturated heterocycles. The number of fused-ring (bicyclic) bond motifs is 1. The molecule has 0 aromatic rings. The van der Waals surface area contributed by atoms with Crippen LogP contribution in [0.25, 0.3) is 0 Å². The summed E-state index contributed by atoms with van der Waals surface area (Å²) in [4.78, 5) is 6.40. The van der Waals surface area contributed by atoms with Gasteiger partial charge in [-0.1, -0.05) is 0 Å². The summed E-state index contributed by atoms with van der Waals surface area (Å²) in [5.41, 5.74) is 2.07. The van der Waals surface area contributed by atoms with E-state index in [1.165, 1.54) is 0 Å². The van der Waals surface area contributed by atoms with Gasteiger partial charge in [0, 0.05) is 19.4 Å². The lowest BCUT2D eigenvalue weighted by atomic mass is 10.3. The number of aliphatic imine (C=N–C) groups is 1. The Morgan fingerprint density at radius 1 is 1.58 bits per heavy atom. The maximum Gasteiger partial charge on any atom is 0.106 e. The van der Waals surface area contributed by atoms with Crippen LogP contribution in [0.1, 0.15) is 6.92 Å². The van der Waals surface area contributed by atoms with Gasteiger partial charge >= 0.3 is 0 Å². The van der Waals surface area contributed by atoms with Crippen molar-refractivity contribution in [2.24, 2.45) is 4.99 Å². The van der Waals surface area contributed by atoms with E-state index < -0.39 is 0 Å². The molecule has 0 atom stereocenters. The molecular weight excluding hydrogens is 152 g/mol. The molecule has 0 spiro atoms. The van der Waals surface area contributed by atoms with Crippen molar-refractivity contribution in [2.75, 3.05) is 13.7 Å². The van der Waals surface area contributed by atoms with Crippen molar-refractivity contribution in [3.63, 3.8) is 0 Å². The number of nitrogens with one attached hydrogen (secondary N) is 2. The number of hydrogen-bond donors (Lipinski definition) is 2. The molecule has 2 heterocycles. The summed E-state index contributed by atoms with van der Waals surface area (Å²) in [6.07, 6.45) is 3.98. The van der Waals surface area contributed by atoms with Crippen molar-refractivity contribution >= 4 is 5.84 Å². The Hall–Kier alpha value is -1.45.